The average molecular weight is 131 g/mol. The average Bonchev–Trinajstić information content (AvgIpc) is 0.918. The second-order valence-corrected chi connectivity index (χ2v) is 0.306. The molecule has 0 fully saturated rings. The molecule has 0 saturated heterocycles. The fourth-order valence-electron chi connectivity index (χ4n) is 0. The first-order valence-electron chi connectivity index (χ1n) is 0.454. The van der Waals surface area contributed by atoms with Crippen molar-refractivity contribution in [3.63, 3.8) is 0 Å². The molecule has 0 aromatic rings. The first-order valence-corrected chi connectivity index (χ1v) is 0.862. The Hall–Kier alpha value is 2.80. The zero-order valence-electron chi connectivity index (χ0n) is 7.41. The van der Waals surface area contributed by atoms with E-state index >= 15 is 0 Å². The smallest absolute Gasteiger partial charge is 1.00 e. The molecule has 6 heavy (non-hydrogen) atoms. The maximum atomic E-state index is 5.77. The van der Waals surface area contributed by atoms with Crippen LogP contribution in [-0.2, 0) is 0 Å². The molecule has 0 aliphatic carbocycles. The third-order valence-corrected chi connectivity index (χ3v) is 0. The van der Waals surface area contributed by atoms with Crippen LogP contribution in [0.3, 0.4) is 0 Å². The summed E-state index contributed by atoms with van der Waals surface area (Å²) in [5.41, 5.74) is 0. The zero-order valence-corrected chi connectivity index (χ0v) is 11.2. The Bertz CT molecular complexity index is 40.0. The van der Waals surface area contributed by atoms with E-state index in [1.54, 1.807) is 5.16 Å². The van der Waals surface area contributed by atoms with E-state index in [1.807, 2.05) is 0 Å². The molecule has 0 spiro atoms. The Kier molecular flexibility index (Phi) is 96.7. The molecule has 5 heteroatoms. The summed E-state index contributed by atoms with van der Waals surface area (Å²) in [7, 11) is 0. The van der Waals surface area contributed by atoms with E-state index in [9.17, 15) is 0 Å². The Balaban J connectivity index is -0.00000000133. The number of thiocarbonyl (C=S) groups is 1. The van der Waals surface area contributed by atoms with Crippen molar-refractivity contribution >= 4 is 17.4 Å². The van der Waals surface area contributed by atoms with E-state index in [0.717, 1.165) is 0 Å². The summed E-state index contributed by atoms with van der Waals surface area (Å²) in [6.07, 6.45) is 0. The van der Waals surface area contributed by atoms with Gasteiger partial charge in [0, 0.05) is 0 Å². The van der Waals surface area contributed by atoms with E-state index in [-0.39, 0.29) is 93.0 Å². The minimum absolute atomic E-state index is 0. The topological polar surface area (TPSA) is 23.9 Å². The first kappa shape index (κ1) is 23.2. The van der Waals surface area contributed by atoms with Gasteiger partial charge in [-0.2, -0.15) is 0 Å². The van der Waals surface area contributed by atoms with Crippen LogP contribution in [0.15, 0.2) is 0 Å². The number of hydrogen-bond acceptors (Lipinski definition) is 2. The summed E-state index contributed by atoms with van der Waals surface area (Å²) in [4.78, 5) is 0. The van der Waals surface area contributed by atoms with Crippen LogP contribution in [0.4, 0.5) is 0 Å². The van der Waals surface area contributed by atoms with Gasteiger partial charge >= 0.3 is 88.7 Å². The van der Waals surface area contributed by atoms with Gasteiger partial charge in [0.15, 0.2) is 0 Å². The molecule has 0 amide bonds. The van der Waals surface area contributed by atoms with Crippen LogP contribution in [0.2, 0.25) is 0 Å². The number of hydrogen-bond donors (Lipinski definition) is 1. The summed E-state index contributed by atoms with van der Waals surface area (Å²) < 4.78 is 0. The molecule has 0 rings (SSSR count). The van der Waals surface area contributed by atoms with E-state index < -0.39 is 0 Å². The summed E-state index contributed by atoms with van der Waals surface area (Å²) in [6.45, 7) is 0. The predicted octanol–water partition coefficient (Wildman–Crippen LogP) is -7.98. The van der Waals surface area contributed by atoms with Crippen LogP contribution in [0.5, 0.6) is 0 Å². The van der Waals surface area contributed by atoms with Crippen LogP contribution >= 0.6 is 12.2 Å². The van der Waals surface area contributed by atoms with Gasteiger partial charge in [-0.05, 0) is 12.2 Å². The molecule has 0 unspecified atom stereocenters. The molecule has 1 N–H and O–H groups in total. The fourth-order valence-corrected chi connectivity index (χ4v) is 0. The maximum absolute atomic E-state index is 5.77. The van der Waals surface area contributed by atoms with Gasteiger partial charge in [0.25, 0.3) is 0 Å². The van der Waals surface area contributed by atoms with E-state index in [2.05, 4.69) is 12.2 Å². The quantitative estimate of drug-likeness (QED) is 0.197. The van der Waals surface area contributed by atoms with Crippen molar-refractivity contribution < 1.29 is 93.0 Å². The molecular weight excluding hydrogens is 127 g/mol. The van der Waals surface area contributed by atoms with Gasteiger partial charge in [0.05, 0.1) is 5.16 Å². The second kappa shape index (κ2) is 25.0. The van der Waals surface area contributed by atoms with Crippen molar-refractivity contribution in [2.75, 3.05) is 0 Å². The largest absolute Gasteiger partial charge is 1.00 e. The first-order chi connectivity index (χ1) is 1.41. The number of isothiocyanates is 1. The molecule has 0 bridgehead atoms. The Morgan fingerprint density at radius 3 is 1.33 bits per heavy atom. The van der Waals surface area contributed by atoms with E-state index in [0.29, 0.717) is 0 Å². The minimum Gasteiger partial charge on any atom is -1.00 e. The summed E-state index contributed by atoms with van der Waals surface area (Å²) in [5.74, 6) is 0. The normalized spacial score (nSPS) is 1.33. The molecule has 0 radical (unpaired) electrons. The number of nitrogens with one attached hydrogen (secondary N) is 1. The van der Waals surface area contributed by atoms with Crippen molar-refractivity contribution in [1.82, 2.24) is 0 Å². The molecule has 0 aliphatic heterocycles. The summed E-state index contributed by atoms with van der Waals surface area (Å²) in [6, 6.07) is 0. The molecule has 0 saturated carbocycles. The molecule has 0 aromatic carbocycles. The molecule has 0 atom stereocenters. The van der Waals surface area contributed by atoms with Gasteiger partial charge < -0.3 is 4.28 Å². The monoisotopic (exact) mass is 131 g/mol. The van der Waals surface area contributed by atoms with Crippen LogP contribution in [0, 0.1) is 5.41 Å². The van der Waals surface area contributed by atoms with Crippen molar-refractivity contribution in [3.8, 4) is 0 Å². The van der Waals surface area contributed by atoms with Gasteiger partial charge in [0.1, 0.15) is 0 Å². The summed E-state index contributed by atoms with van der Waals surface area (Å²) in [5, 5.41) is 7.36. The zero-order chi connectivity index (χ0) is 2.71. The minimum atomic E-state index is 0. The van der Waals surface area contributed by atoms with Gasteiger partial charge in [0.2, 0.25) is 0 Å². The van der Waals surface area contributed by atoms with E-state index in [4.69, 9.17) is 5.41 Å². The molecule has 0 aliphatic rings. The third kappa shape index (κ3) is 29.2. The third-order valence-electron chi connectivity index (χ3n) is 0. The Morgan fingerprint density at radius 1 is 1.33 bits per heavy atom. The van der Waals surface area contributed by atoms with Gasteiger partial charge in [-0.3, -0.25) is 0 Å². The van der Waals surface area contributed by atoms with Gasteiger partial charge in [-0.25, -0.2) is 5.41 Å². The van der Waals surface area contributed by atoms with Crippen molar-refractivity contribution in [2.45, 2.75) is 0 Å². The molecular formula is CH4NNa3S. The molecule has 1 nitrogen and oxygen atoms in total. The van der Waals surface area contributed by atoms with Crippen LogP contribution in [0.25, 0.3) is 0 Å². The molecule has 22 valence electrons. The fraction of sp³-hybridized carbons (Fsp3) is 0. The molecule has 0 aromatic heterocycles. The second-order valence-electron chi connectivity index (χ2n) is 0.102. The Morgan fingerprint density at radius 2 is 1.33 bits per heavy atom. The van der Waals surface area contributed by atoms with Crippen molar-refractivity contribution in [2.24, 2.45) is 0 Å². The molecule has 0 heterocycles. The van der Waals surface area contributed by atoms with Crippen LogP contribution in [-0.4, -0.2) is 5.16 Å². The summed E-state index contributed by atoms with van der Waals surface area (Å²) >= 11 is 3.81. The van der Waals surface area contributed by atoms with Gasteiger partial charge in [-0.1, -0.05) is 0 Å². The maximum Gasteiger partial charge on any atom is 1.00 e. The SMILES string of the molecule is N=C=S.[H-].[H-].[H-].[Na+].[Na+].[Na+]. The predicted molar refractivity (Wildman–Crippen MR) is 18.7 cm³/mol. The number of rotatable bonds is 0. The van der Waals surface area contributed by atoms with Gasteiger partial charge in [-0.15, -0.1) is 0 Å². The van der Waals surface area contributed by atoms with Crippen LogP contribution < -0.4 is 88.7 Å². The van der Waals surface area contributed by atoms with Crippen LogP contribution in [0.1, 0.15) is 4.28 Å². The Labute approximate surface area is 113 Å². The van der Waals surface area contributed by atoms with E-state index in [1.165, 1.54) is 0 Å². The van der Waals surface area contributed by atoms with Crippen molar-refractivity contribution in [3.05, 3.63) is 0 Å². The standard InChI is InChI=1S/CHNS.3Na.3H/c2-1-3;;;;;;/h2H;;;;;;/q;3*+1;3*-1. The van der Waals surface area contributed by atoms with Crippen molar-refractivity contribution in [1.29, 1.82) is 5.41 Å².